The Balaban J connectivity index is 2.15. The second-order valence-corrected chi connectivity index (χ2v) is 4.59. The lowest BCUT2D eigenvalue weighted by Gasteiger charge is -2.03. The Labute approximate surface area is 109 Å². The Morgan fingerprint density at radius 3 is 2.82 bits per heavy atom. The Morgan fingerprint density at radius 1 is 1.35 bits per heavy atom. The van der Waals surface area contributed by atoms with Crippen molar-refractivity contribution in [1.29, 1.82) is 0 Å². The summed E-state index contributed by atoms with van der Waals surface area (Å²) >= 11 is 7.20. The van der Waals surface area contributed by atoms with E-state index < -0.39 is 0 Å². The summed E-state index contributed by atoms with van der Waals surface area (Å²) in [6.45, 7) is 3.84. The molecule has 6 heteroatoms. The fourth-order valence-corrected chi connectivity index (χ4v) is 2.21. The average Bonchev–Trinajstić information content (AvgIpc) is 2.85. The van der Waals surface area contributed by atoms with Crippen molar-refractivity contribution < 1.29 is 0 Å². The molecule has 0 amide bonds. The third-order valence-corrected chi connectivity index (χ3v) is 3.48. The largest absolute Gasteiger partial charge is 0.214 e. The number of halogens is 1. The number of hydrogen-bond donors (Lipinski definition) is 0. The van der Waals surface area contributed by atoms with E-state index in [9.17, 15) is 0 Å². The van der Waals surface area contributed by atoms with Gasteiger partial charge >= 0.3 is 0 Å². The first-order valence-electron chi connectivity index (χ1n) is 5.00. The van der Waals surface area contributed by atoms with E-state index in [0.717, 1.165) is 22.2 Å². The molecule has 0 unspecified atom stereocenters. The minimum Gasteiger partial charge on any atom is -0.188 e. The fraction of sp³-hybridized carbons (Fsp3) is 0.182. The van der Waals surface area contributed by atoms with Crippen LogP contribution in [0.25, 0.3) is 5.69 Å². The quantitative estimate of drug-likeness (QED) is 0.474. The minimum atomic E-state index is 0.458. The van der Waals surface area contributed by atoms with Gasteiger partial charge in [0.2, 0.25) is 5.16 Å². The lowest BCUT2D eigenvalue weighted by atomic mass is 10.3. The van der Waals surface area contributed by atoms with Gasteiger partial charge in [-0.15, -0.1) is 16.7 Å². The van der Waals surface area contributed by atoms with Crippen LogP contribution >= 0.6 is 23.4 Å². The first-order chi connectivity index (χ1) is 8.31. The third-order valence-electron chi connectivity index (χ3n) is 2.04. The molecule has 0 saturated carbocycles. The van der Waals surface area contributed by atoms with Crippen LogP contribution in [0, 0.1) is 0 Å². The standard InChI is InChI=1S/C11H11ClN4S/c1-9(7-12)8-17-11-13-14-15-16(11)10-5-3-2-4-6-10/h2-6H,1,7-8H2. The molecular weight excluding hydrogens is 256 g/mol. The predicted molar refractivity (Wildman–Crippen MR) is 69.7 cm³/mol. The molecule has 2 rings (SSSR count). The molecular formula is C11H11ClN4S. The summed E-state index contributed by atoms with van der Waals surface area (Å²) in [5.41, 5.74) is 1.90. The van der Waals surface area contributed by atoms with Gasteiger partial charge in [-0.25, -0.2) is 0 Å². The summed E-state index contributed by atoms with van der Waals surface area (Å²) < 4.78 is 1.70. The molecule has 0 spiro atoms. The van der Waals surface area contributed by atoms with Crippen LogP contribution in [0.4, 0.5) is 0 Å². The van der Waals surface area contributed by atoms with Crippen molar-refractivity contribution in [2.24, 2.45) is 0 Å². The lowest BCUT2D eigenvalue weighted by molar-refractivity contribution is 0.756. The van der Waals surface area contributed by atoms with Crippen molar-refractivity contribution in [3.63, 3.8) is 0 Å². The maximum atomic E-state index is 5.68. The van der Waals surface area contributed by atoms with Crippen LogP contribution in [-0.2, 0) is 0 Å². The van der Waals surface area contributed by atoms with Gasteiger partial charge in [-0.3, -0.25) is 0 Å². The molecule has 0 radical (unpaired) electrons. The van der Waals surface area contributed by atoms with Gasteiger partial charge in [-0.05, 0) is 22.6 Å². The van der Waals surface area contributed by atoms with Gasteiger partial charge in [0, 0.05) is 11.6 Å². The van der Waals surface area contributed by atoms with Crippen LogP contribution in [0.2, 0.25) is 0 Å². The maximum absolute atomic E-state index is 5.68. The van der Waals surface area contributed by atoms with E-state index in [-0.39, 0.29) is 0 Å². The van der Waals surface area contributed by atoms with Gasteiger partial charge in [-0.1, -0.05) is 42.1 Å². The topological polar surface area (TPSA) is 43.6 Å². The summed E-state index contributed by atoms with van der Waals surface area (Å²) in [5, 5.41) is 12.4. The summed E-state index contributed by atoms with van der Waals surface area (Å²) in [6, 6.07) is 9.76. The predicted octanol–water partition coefficient (Wildman–Crippen LogP) is 2.55. The highest BCUT2D eigenvalue weighted by atomic mass is 35.5. The lowest BCUT2D eigenvalue weighted by Crippen LogP contribution is -1.99. The Bertz CT molecular complexity index is 497. The van der Waals surface area contributed by atoms with E-state index in [1.807, 2.05) is 30.3 Å². The molecule has 1 aromatic heterocycles. The minimum absolute atomic E-state index is 0.458. The molecule has 0 aliphatic heterocycles. The van der Waals surface area contributed by atoms with Crippen LogP contribution in [0.3, 0.4) is 0 Å². The average molecular weight is 267 g/mol. The van der Waals surface area contributed by atoms with E-state index in [0.29, 0.717) is 5.88 Å². The van der Waals surface area contributed by atoms with Crippen LogP contribution in [0.15, 0.2) is 47.6 Å². The molecule has 0 aliphatic rings. The van der Waals surface area contributed by atoms with Crippen molar-refractivity contribution in [1.82, 2.24) is 20.2 Å². The second-order valence-electron chi connectivity index (χ2n) is 3.38. The highest BCUT2D eigenvalue weighted by molar-refractivity contribution is 7.99. The molecule has 2 aromatic rings. The number of benzene rings is 1. The molecule has 0 aliphatic carbocycles. The van der Waals surface area contributed by atoms with E-state index >= 15 is 0 Å². The molecule has 4 nitrogen and oxygen atoms in total. The highest BCUT2D eigenvalue weighted by Gasteiger charge is 2.08. The number of rotatable bonds is 5. The van der Waals surface area contributed by atoms with Gasteiger partial charge in [0.25, 0.3) is 0 Å². The van der Waals surface area contributed by atoms with Crippen molar-refractivity contribution in [2.45, 2.75) is 5.16 Å². The summed E-state index contributed by atoms with van der Waals surface area (Å²) in [5.74, 6) is 1.18. The van der Waals surface area contributed by atoms with Crippen molar-refractivity contribution in [2.75, 3.05) is 11.6 Å². The second kappa shape index (κ2) is 5.84. The van der Waals surface area contributed by atoms with Crippen molar-refractivity contribution in [3.05, 3.63) is 42.5 Å². The SMILES string of the molecule is C=C(CCl)CSc1nnnn1-c1ccccc1. The zero-order valence-corrected chi connectivity index (χ0v) is 10.7. The van der Waals surface area contributed by atoms with Gasteiger partial charge in [0.1, 0.15) is 0 Å². The molecule has 1 aromatic carbocycles. The van der Waals surface area contributed by atoms with E-state index in [1.54, 1.807) is 4.68 Å². The monoisotopic (exact) mass is 266 g/mol. The highest BCUT2D eigenvalue weighted by Crippen LogP contribution is 2.19. The van der Waals surface area contributed by atoms with E-state index in [2.05, 4.69) is 22.1 Å². The number of thioether (sulfide) groups is 1. The van der Waals surface area contributed by atoms with Crippen LogP contribution in [-0.4, -0.2) is 31.8 Å². The summed E-state index contributed by atoms with van der Waals surface area (Å²) in [7, 11) is 0. The van der Waals surface area contributed by atoms with Gasteiger partial charge in [-0.2, -0.15) is 4.68 Å². The molecule has 88 valence electrons. The van der Waals surface area contributed by atoms with Crippen molar-refractivity contribution >= 4 is 23.4 Å². The Kier molecular flexibility index (Phi) is 4.17. The van der Waals surface area contributed by atoms with Gasteiger partial charge in [0.05, 0.1) is 5.69 Å². The summed E-state index contributed by atoms with van der Waals surface area (Å²) in [6.07, 6.45) is 0. The molecule has 0 N–H and O–H groups in total. The normalized spacial score (nSPS) is 10.4. The summed E-state index contributed by atoms with van der Waals surface area (Å²) in [4.78, 5) is 0. The van der Waals surface area contributed by atoms with E-state index in [4.69, 9.17) is 11.6 Å². The Morgan fingerprint density at radius 2 is 2.12 bits per heavy atom. The number of tetrazole rings is 1. The molecule has 17 heavy (non-hydrogen) atoms. The first-order valence-corrected chi connectivity index (χ1v) is 6.52. The number of alkyl halides is 1. The van der Waals surface area contributed by atoms with E-state index in [1.165, 1.54) is 11.8 Å². The fourth-order valence-electron chi connectivity index (χ4n) is 1.21. The zero-order valence-electron chi connectivity index (χ0n) is 9.08. The number of aromatic nitrogens is 4. The van der Waals surface area contributed by atoms with Gasteiger partial charge in [0.15, 0.2) is 0 Å². The number of nitrogens with zero attached hydrogens (tertiary/aromatic N) is 4. The number of hydrogen-bond acceptors (Lipinski definition) is 4. The molecule has 1 heterocycles. The van der Waals surface area contributed by atoms with Crippen LogP contribution in [0.5, 0.6) is 0 Å². The third kappa shape index (κ3) is 3.08. The molecule has 0 saturated heterocycles. The first kappa shape index (κ1) is 12.1. The molecule has 0 fully saturated rings. The molecule has 0 bridgehead atoms. The zero-order chi connectivity index (χ0) is 12.1. The van der Waals surface area contributed by atoms with Gasteiger partial charge < -0.3 is 0 Å². The maximum Gasteiger partial charge on any atom is 0.214 e. The van der Waals surface area contributed by atoms with Crippen LogP contribution < -0.4 is 0 Å². The van der Waals surface area contributed by atoms with Crippen LogP contribution in [0.1, 0.15) is 0 Å². The Hall–Kier alpha value is -1.33. The smallest absolute Gasteiger partial charge is 0.188 e. The number of para-hydroxylation sites is 1. The molecule has 0 atom stereocenters. The van der Waals surface area contributed by atoms with Crippen molar-refractivity contribution in [3.8, 4) is 5.69 Å².